The highest BCUT2D eigenvalue weighted by Crippen LogP contribution is 2.38. The normalized spacial score (nSPS) is 13.7. The molecule has 0 radical (unpaired) electrons. The number of ether oxygens (including phenoxy) is 1. The number of aliphatic hydroxyl groups is 1. The molecule has 4 N–H and O–H groups in total. The van der Waals surface area contributed by atoms with Crippen LogP contribution in [0.4, 0.5) is 30.5 Å². The fourth-order valence-electron chi connectivity index (χ4n) is 4.20. The predicted octanol–water partition coefficient (Wildman–Crippen LogP) is 6.45. The van der Waals surface area contributed by atoms with Crippen molar-refractivity contribution >= 4 is 75.0 Å². The van der Waals surface area contributed by atoms with Crippen molar-refractivity contribution in [3.63, 3.8) is 0 Å². The van der Waals surface area contributed by atoms with Gasteiger partial charge in [-0.2, -0.15) is 0 Å². The third kappa shape index (κ3) is 6.62. The number of alkyl halides is 2. The van der Waals surface area contributed by atoms with Crippen LogP contribution in [0.3, 0.4) is 0 Å². The number of aromatic nitrogens is 2. The van der Waals surface area contributed by atoms with Crippen molar-refractivity contribution in [2.75, 3.05) is 17.2 Å². The van der Waals surface area contributed by atoms with Crippen LogP contribution in [0, 0.1) is 5.82 Å². The third-order valence-corrected chi connectivity index (χ3v) is 7.80. The van der Waals surface area contributed by atoms with E-state index in [4.69, 9.17) is 39.5 Å². The molecule has 1 heterocycles. The van der Waals surface area contributed by atoms with Crippen molar-refractivity contribution < 1.29 is 32.6 Å². The Labute approximate surface area is 257 Å². The first-order valence-electron chi connectivity index (χ1n) is 12.8. The van der Waals surface area contributed by atoms with Crippen LogP contribution >= 0.6 is 34.8 Å². The maximum atomic E-state index is 13.6. The van der Waals surface area contributed by atoms with Gasteiger partial charge >= 0.3 is 0 Å². The monoisotopic (exact) mass is 655 g/mol. The highest BCUT2D eigenvalue weighted by molar-refractivity contribution is 6.39. The van der Waals surface area contributed by atoms with Crippen molar-refractivity contribution in [1.82, 2.24) is 14.9 Å². The van der Waals surface area contributed by atoms with Gasteiger partial charge in [-0.15, -0.1) is 0 Å². The second kappa shape index (κ2) is 12.1. The van der Waals surface area contributed by atoms with Gasteiger partial charge in [-0.3, -0.25) is 9.59 Å². The number of aryl methyl sites for hydroxylation is 1. The zero-order valence-electron chi connectivity index (χ0n) is 22.3. The fraction of sp³-hybridized carbons (Fsp3) is 0.250. The summed E-state index contributed by atoms with van der Waals surface area (Å²) in [6.07, 6.45) is -2.02. The molecule has 0 aliphatic heterocycles. The SMILES string of the molecule is Cn1c(Nc2c(Cl)ccc(CNC(=O)C3(O)CC3)c2Cl)nc2cc(C(=O)Nc3ccc(F)c(Cl)c3)c(OCC(F)F)cc21. The number of carbonyl (C=O) groups excluding carboxylic acids is 2. The molecule has 43 heavy (non-hydrogen) atoms. The van der Waals surface area contributed by atoms with Crippen molar-refractivity contribution in [3.8, 4) is 5.75 Å². The second-order valence-corrected chi connectivity index (χ2v) is 11.0. The van der Waals surface area contributed by atoms with E-state index in [1.54, 1.807) is 23.7 Å². The lowest BCUT2D eigenvalue weighted by molar-refractivity contribution is -0.131. The van der Waals surface area contributed by atoms with Crippen LogP contribution in [-0.2, 0) is 18.4 Å². The smallest absolute Gasteiger partial charge is 0.272 e. The quantitative estimate of drug-likeness (QED) is 0.156. The van der Waals surface area contributed by atoms with Crippen LogP contribution in [0.25, 0.3) is 11.0 Å². The summed E-state index contributed by atoms with van der Waals surface area (Å²) in [4.78, 5) is 29.8. The van der Waals surface area contributed by atoms with Crippen LogP contribution < -0.4 is 20.7 Å². The van der Waals surface area contributed by atoms with Crippen LogP contribution in [0.2, 0.25) is 15.1 Å². The summed E-state index contributed by atoms with van der Waals surface area (Å²) in [5.41, 5.74) is 0.237. The van der Waals surface area contributed by atoms with Gasteiger partial charge in [0, 0.05) is 25.3 Å². The van der Waals surface area contributed by atoms with E-state index in [9.17, 15) is 27.9 Å². The molecular formula is C28H23Cl3F3N5O4. The summed E-state index contributed by atoms with van der Waals surface area (Å²) >= 11 is 18.8. The zero-order valence-corrected chi connectivity index (χ0v) is 24.5. The summed E-state index contributed by atoms with van der Waals surface area (Å²) in [5, 5.41) is 18.5. The molecule has 1 aliphatic carbocycles. The molecule has 0 saturated heterocycles. The van der Waals surface area contributed by atoms with Crippen molar-refractivity contribution in [2.45, 2.75) is 31.4 Å². The average Bonchev–Trinajstić information content (AvgIpc) is 3.65. The lowest BCUT2D eigenvalue weighted by Crippen LogP contribution is -2.35. The average molecular weight is 657 g/mol. The van der Waals surface area contributed by atoms with E-state index in [1.165, 1.54) is 24.3 Å². The molecule has 1 saturated carbocycles. The molecular weight excluding hydrogens is 634 g/mol. The molecule has 4 aromatic rings. The van der Waals surface area contributed by atoms with Gasteiger partial charge in [-0.05, 0) is 48.7 Å². The van der Waals surface area contributed by atoms with E-state index in [0.717, 1.165) is 6.07 Å². The van der Waals surface area contributed by atoms with Gasteiger partial charge < -0.3 is 30.4 Å². The molecule has 0 spiro atoms. The number of benzene rings is 3. The standard InChI is InChI=1S/C28H23Cl3F3N5O4/c1-39-20-10-21(43-12-22(33)34)15(25(40)36-14-3-5-18(32)17(30)8-14)9-19(20)37-27(39)38-24-16(29)4-2-13(23(24)31)11-35-26(41)28(42)6-7-28/h2-5,8-10,22,42H,6-7,11-12H2,1H3,(H,35,41)(H,36,40)(H,37,38). The number of hydrogen-bond donors (Lipinski definition) is 4. The number of anilines is 3. The van der Waals surface area contributed by atoms with Gasteiger partial charge in [0.05, 0.1) is 37.4 Å². The van der Waals surface area contributed by atoms with Crippen molar-refractivity contribution in [3.05, 3.63) is 74.5 Å². The molecule has 3 aromatic carbocycles. The Morgan fingerprint density at radius 1 is 1.12 bits per heavy atom. The van der Waals surface area contributed by atoms with Gasteiger partial charge in [-0.25, -0.2) is 18.2 Å². The first-order chi connectivity index (χ1) is 20.4. The predicted molar refractivity (Wildman–Crippen MR) is 157 cm³/mol. The number of imidazole rings is 1. The lowest BCUT2D eigenvalue weighted by Gasteiger charge is -2.15. The fourth-order valence-corrected chi connectivity index (χ4v) is 4.91. The van der Waals surface area contributed by atoms with E-state index in [0.29, 0.717) is 29.4 Å². The highest BCUT2D eigenvalue weighted by atomic mass is 35.5. The van der Waals surface area contributed by atoms with E-state index < -0.39 is 36.3 Å². The molecule has 1 aromatic heterocycles. The van der Waals surface area contributed by atoms with Gasteiger partial charge in [0.1, 0.15) is 23.8 Å². The zero-order chi connectivity index (χ0) is 31.1. The van der Waals surface area contributed by atoms with Crippen molar-refractivity contribution in [1.29, 1.82) is 0 Å². The Morgan fingerprint density at radius 2 is 1.86 bits per heavy atom. The topological polar surface area (TPSA) is 118 Å². The first kappa shape index (κ1) is 30.7. The highest BCUT2D eigenvalue weighted by Gasteiger charge is 2.47. The summed E-state index contributed by atoms with van der Waals surface area (Å²) in [6.45, 7) is -0.931. The second-order valence-electron chi connectivity index (χ2n) is 9.85. The molecule has 2 amide bonds. The molecule has 15 heteroatoms. The molecule has 9 nitrogen and oxygen atoms in total. The van der Waals surface area contributed by atoms with Crippen LogP contribution in [0.15, 0.2) is 42.5 Å². The largest absolute Gasteiger partial charge is 0.487 e. The molecule has 1 fully saturated rings. The Kier molecular flexibility index (Phi) is 8.66. The number of rotatable bonds is 10. The Balaban J connectivity index is 1.45. The van der Waals surface area contributed by atoms with Crippen LogP contribution in [-0.4, -0.2) is 45.1 Å². The molecule has 0 atom stereocenters. The van der Waals surface area contributed by atoms with Crippen LogP contribution in [0.1, 0.15) is 28.8 Å². The summed E-state index contributed by atoms with van der Waals surface area (Å²) < 4.78 is 46.5. The summed E-state index contributed by atoms with van der Waals surface area (Å²) in [6, 6.07) is 9.53. The molecule has 1 aliphatic rings. The molecule has 226 valence electrons. The van der Waals surface area contributed by atoms with E-state index >= 15 is 0 Å². The maximum absolute atomic E-state index is 13.6. The number of halogens is 6. The lowest BCUT2D eigenvalue weighted by atomic mass is 10.1. The third-order valence-electron chi connectivity index (χ3n) is 6.76. The number of nitrogens with zero attached hydrogens (tertiary/aromatic N) is 2. The number of hydrogen-bond acceptors (Lipinski definition) is 6. The summed E-state index contributed by atoms with van der Waals surface area (Å²) in [5.74, 6) is -1.81. The number of nitrogens with one attached hydrogen (secondary N) is 3. The van der Waals surface area contributed by atoms with Gasteiger partial charge in [0.15, 0.2) is 0 Å². The van der Waals surface area contributed by atoms with Gasteiger partial charge in [0.2, 0.25) is 5.95 Å². The van der Waals surface area contributed by atoms with E-state index in [-0.39, 0.29) is 50.2 Å². The summed E-state index contributed by atoms with van der Waals surface area (Å²) in [7, 11) is 1.64. The maximum Gasteiger partial charge on any atom is 0.272 e. The Bertz CT molecular complexity index is 1750. The molecule has 5 rings (SSSR count). The minimum atomic E-state index is -2.81. The minimum absolute atomic E-state index is 0.0386. The Morgan fingerprint density at radius 3 is 2.53 bits per heavy atom. The Hall–Kier alpha value is -3.71. The number of amides is 2. The van der Waals surface area contributed by atoms with Crippen molar-refractivity contribution in [2.24, 2.45) is 7.05 Å². The number of fused-ring (bicyclic) bond motifs is 1. The van der Waals surface area contributed by atoms with E-state index in [1.807, 2.05) is 0 Å². The van der Waals surface area contributed by atoms with Gasteiger partial charge in [0.25, 0.3) is 18.2 Å². The number of carbonyl (C=O) groups is 2. The van der Waals surface area contributed by atoms with Gasteiger partial charge in [-0.1, -0.05) is 40.9 Å². The first-order valence-corrected chi connectivity index (χ1v) is 13.9. The molecule has 0 bridgehead atoms. The minimum Gasteiger partial charge on any atom is -0.487 e. The van der Waals surface area contributed by atoms with E-state index in [2.05, 4.69) is 20.9 Å². The molecule has 0 unspecified atom stereocenters. The van der Waals surface area contributed by atoms with Crippen LogP contribution in [0.5, 0.6) is 5.75 Å².